The van der Waals surface area contributed by atoms with Gasteiger partial charge in [-0.1, -0.05) is 28.1 Å². The Balaban J connectivity index is 2.09. The average Bonchev–Trinajstić information content (AvgIpc) is 3.05. The number of methoxy groups -OCH3 is 1. The number of esters is 1. The SMILES string of the molecule is COC(=O)c1cc(Cc2ccc(Br)cc2)n(-c2ccc(S(N)(=O)=O)cc2F)n1. The number of carbonyl (C=O) groups excluding carboxylic acids is 1. The maximum atomic E-state index is 14.6. The zero-order chi connectivity index (χ0) is 20.5. The number of rotatable bonds is 5. The number of primary sulfonamides is 1. The average molecular weight is 468 g/mol. The maximum absolute atomic E-state index is 14.6. The lowest BCUT2D eigenvalue weighted by molar-refractivity contribution is 0.0593. The van der Waals surface area contributed by atoms with E-state index >= 15 is 0 Å². The highest BCUT2D eigenvalue weighted by molar-refractivity contribution is 9.10. The summed E-state index contributed by atoms with van der Waals surface area (Å²) >= 11 is 3.36. The molecular weight excluding hydrogens is 453 g/mol. The molecule has 146 valence electrons. The molecule has 0 saturated heterocycles. The second-order valence-corrected chi connectivity index (χ2v) is 8.36. The molecule has 0 saturated carbocycles. The number of hydrogen-bond acceptors (Lipinski definition) is 5. The van der Waals surface area contributed by atoms with Crippen LogP contribution in [0.1, 0.15) is 21.7 Å². The van der Waals surface area contributed by atoms with Gasteiger partial charge in [-0.25, -0.2) is 27.4 Å². The van der Waals surface area contributed by atoms with Crippen LogP contribution < -0.4 is 5.14 Å². The first-order valence-electron chi connectivity index (χ1n) is 7.93. The number of hydrogen-bond donors (Lipinski definition) is 1. The van der Waals surface area contributed by atoms with Gasteiger partial charge in [0.2, 0.25) is 10.0 Å². The smallest absolute Gasteiger partial charge is 0.358 e. The number of benzene rings is 2. The molecule has 7 nitrogen and oxygen atoms in total. The summed E-state index contributed by atoms with van der Waals surface area (Å²) in [7, 11) is -2.83. The van der Waals surface area contributed by atoms with Gasteiger partial charge in [0.1, 0.15) is 11.5 Å². The zero-order valence-electron chi connectivity index (χ0n) is 14.6. The van der Waals surface area contributed by atoms with E-state index in [0.29, 0.717) is 12.1 Å². The summed E-state index contributed by atoms with van der Waals surface area (Å²) < 4.78 is 44.3. The van der Waals surface area contributed by atoms with Crippen molar-refractivity contribution in [2.75, 3.05) is 7.11 Å². The van der Waals surface area contributed by atoms with Crippen LogP contribution in [0.2, 0.25) is 0 Å². The van der Waals surface area contributed by atoms with Crippen molar-refractivity contribution in [2.45, 2.75) is 11.3 Å². The molecule has 3 rings (SSSR count). The summed E-state index contributed by atoms with van der Waals surface area (Å²) in [6, 6.07) is 12.2. The highest BCUT2D eigenvalue weighted by atomic mass is 79.9. The number of aromatic nitrogens is 2. The molecule has 0 unspecified atom stereocenters. The minimum Gasteiger partial charge on any atom is -0.464 e. The van der Waals surface area contributed by atoms with Crippen molar-refractivity contribution >= 4 is 31.9 Å². The van der Waals surface area contributed by atoms with Gasteiger partial charge in [-0.15, -0.1) is 0 Å². The third kappa shape index (κ3) is 4.29. The molecule has 0 aliphatic rings. The van der Waals surface area contributed by atoms with Crippen molar-refractivity contribution in [3.8, 4) is 5.69 Å². The predicted octanol–water partition coefficient (Wildman–Crippen LogP) is 2.80. The van der Waals surface area contributed by atoms with Crippen LogP contribution in [-0.2, 0) is 21.2 Å². The summed E-state index contributed by atoms with van der Waals surface area (Å²) in [5.74, 6) is -1.51. The van der Waals surface area contributed by atoms with E-state index in [1.165, 1.54) is 30.0 Å². The van der Waals surface area contributed by atoms with E-state index in [9.17, 15) is 17.6 Å². The molecule has 2 N–H and O–H groups in total. The van der Waals surface area contributed by atoms with Crippen molar-refractivity contribution in [3.63, 3.8) is 0 Å². The summed E-state index contributed by atoms with van der Waals surface area (Å²) in [6.07, 6.45) is 0.355. The first-order valence-corrected chi connectivity index (χ1v) is 10.3. The van der Waals surface area contributed by atoms with Crippen LogP contribution in [0.15, 0.2) is 57.9 Å². The first kappa shape index (κ1) is 20.2. The molecule has 0 aliphatic heterocycles. The standard InChI is InChI=1S/C18H15BrFN3O4S/c1-27-18(24)16-9-13(8-11-2-4-12(19)5-3-11)23(22-16)17-7-6-14(10-15(17)20)28(21,25)26/h2-7,9-10H,8H2,1H3,(H2,21,25,26). The van der Waals surface area contributed by atoms with E-state index in [1.54, 1.807) is 0 Å². The molecule has 0 amide bonds. The molecule has 0 atom stereocenters. The number of ether oxygens (including phenoxy) is 1. The van der Waals surface area contributed by atoms with E-state index < -0.39 is 21.8 Å². The monoisotopic (exact) mass is 467 g/mol. The fourth-order valence-electron chi connectivity index (χ4n) is 2.61. The third-order valence-corrected chi connectivity index (χ3v) is 5.39. The molecule has 3 aromatic rings. The fraction of sp³-hybridized carbons (Fsp3) is 0.111. The van der Waals surface area contributed by atoms with Crippen molar-refractivity contribution in [2.24, 2.45) is 5.14 Å². The Hall–Kier alpha value is -2.56. The van der Waals surface area contributed by atoms with E-state index in [4.69, 9.17) is 5.14 Å². The van der Waals surface area contributed by atoms with Gasteiger partial charge >= 0.3 is 5.97 Å². The molecule has 2 aromatic carbocycles. The van der Waals surface area contributed by atoms with Crippen LogP contribution >= 0.6 is 15.9 Å². The summed E-state index contributed by atoms with van der Waals surface area (Å²) in [4.78, 5) is 11.5. The van der Waals surface area contributed by atoms with Gasteiger partial charge in [-0.2, -0.15) is 5.10 Å². The topological polar surface area (TPSA) is 104 Å². The molecule has 1 aromatic heterocycles. The van der Waals surface area contributed by atoms with Crippen LogP contribution in [0.5, 0.6) is 0 Å². The maximum Gasteiger partial charge on any atom is 0.358 e. The Bertz CT molecular complexity index is 1140. The Labute approximate surface area is 169 Å². The molecular formula is C18H15BrFN3O4S. The van der Waals surface area contributed by atoms with E-state index in [0.717, 1.165) is 16.1 Å². The minimum atomic E-state index is -4.05. The molecule has 10 heteroatoms. The quantitative estimate of drug-likeness (QED) is 0.580. The summed E-state index contributed by atoms with van der Waals surface area (Å²) in [6.45, 7) is 0. The lowest BCUT2D eigenvalue weighted by Gasteiger charge is -2.10. The van der Waals surface area contributed by atoms with Gasteiger partial charge in [0.25, 0.3) is 0 Å². The van der Waals surface area contributed by atoms with Crippen molar-refractivity contribution in [3.05, 3.63) is 75.8 Å². The van der Waals surface area contributed by atoms with Crippen LogP contribution in [0.4, 0.5) is 4.39 Å². The summed E-state index contributed by atoms with van der Waals surface area (Å²) in [5.41, 5.74) is 1.41. The van der Waals surface area contributed by atoms with Gasteiger partial charge in [0.15, 0.2) is 5.69 Å². The van der Waals surface area contributed by atoms with Gasteiger partial charge in [-0.05, 0) is 42.0 Å². The second kappa shape index (κ2) is 7.82. The minimum absolute atomic E-state index is 0.00420. The Kier molecular flexibility index (Phi) is 5.64. The predicted molar refractivity (Wildman–Crippen MR) is 103 cm³/mol. The number of carbonyl (C=O) groups is 1. The van der Waals surface area contributed by atoms with E-state index in [1.807, 2.05) is 24.3 Å². The normalized spacial score (nSPS) is 11.4. The Morgan fingerprint density at radius 1 is 1.21 bits per heavy atom. The molecule has 0 bridgehead atoms. The second-order valence-electron chi connectivity index (χ2n) is 5.89. The van der Waals surface area contributed by atoms with Crippen LogP contribution in [0.25, 0.3) is 5.69 Å². The van der Waals surface area contributed by atoms with Crippen LogP contribution in [0.3, 0.4) is 0 Å². The first-order chi connectivity index (χ1) is 13.2. The lowest BCUT2D eigenvalue weighted by Crippen LogP contribution is -2.13. The largest absolute Gasteiger partial charge is 0.464 e. The van der Waals surface area contributed by atoms with E-state index in [2.05, 4.69) is 25.8 Å². The number of sulfonamides is 1. The molecule has 0 radical (unpaired) electrons. The van der Waals surface area contributed by atoms with Crippen LogP contribution in [-0.4, -0.2) is 31.3 Å². The van der Waals surface area contributed by atoms with Crippen molar-refractivity contribution < 1.29 is 22.3 Å². The highest BCUT2D eigenvalue weighted by Crippen LogP contribution is 2.22. The molecule has 0 aliphatic carbocycles. The van der Waals surface area contributed by atoms with Crippen molar-refractivity contribution in [1.82, 2.24) is 9.78 Å². The Morgan fingerprint density at radius 3 is 2.46 bits per heavy atom. The van der Waals surface area contributed by atoms with Crippen LogP contribution in [0, 0.1) is 5.82 Å². The molecule has 0 fully saturated rings. The number of nitrogens with zero attached hydrogens (tertiary/aromatic N) is 2. The van der Waals surface area contributed by atoms with Gasteiger partial charge in [-0.3, -0.25) is 0 Å². The third-order valence-electron chi connectivity index (χ3n) is 3.95. The van der Waals surface area contributed by atoms with E-state index in [-0.39, 0.29) is 16.3 Å². The molecule has 1 heterocycles. The summed E-state index contributed by atoms with van der Waals surface area (Å²) in [5, 5.41) is 9.17. The van der Waals surface area contributed by atoms with Gasteiger partial charge in [0.05, 0.1) is 12.0 Å². The Morgan fingerprint density at radius 2 is 1.89 bits per heavy atom. The van der Waals surface area contributed by atoms with Gasteiger partial charge < -0.3 is 4.74 Å². The zero-order valence-corrected chi connectivity index (χ0v) is 17.0. The molecule has 0 spiro atoms. The molecule has 28 heavy (non-hydrogen) atoms. The van der Waals surface area contributed by atoms with Gasteiger partial charge in [0, 0.05) is 16.6 Å². The number of nitrogens with two attached hydrogens (primary N) is 1. The highest BCUT2D eigenvalue weighted by Gasteiger charge is 2.19. The fourth-order valence-corrected chi connectivity index (χ4v) is 3.40. The van der Waals surface area contributed by atoms with Crippen molar-refractivity contribution in [1.29, 1.82) is 0 Å². The number of halogens is 2. The lowest BCUT2D eigenvalue weighted by atomic mass is 10.1.